The first-order chi connectivity index (χ1) is 13.8. The van der Waals surface area contributed by atoms with Crippen LogP contribution in [0.25, 0.3) is 21.5 Å². The van der Waals surface area contributed by atoms with Crippen molar-refractivity contribution in [3.63, 3.8) is 0 Å². The van der Waals surface area contributed by atoms with Crippen LogP contribution in [0.3, 0.4) is 0 Å². The Balaban J connectivity index is 1.36. The fourth-order valence-corrected chi connectivity index (χ4v) is 4.73. The molecule has 4 nitrogen and oxygen atoms in total. The predicted molar refractivity (Wildman–Crippen MR) is 116 cm³/mol. The third-order valence-electron chi connectivity index (χ3n) is 5.40. The van der Waals surface area contributed by atoms with Gasteiger partial charge in [0.05, 0.1) is 15.9 Å². The van der Waals surface area contributed by atoms with Gasteiger partial charge in [-0.05, 0) is 79.1 Å². The van der Waals surface area contributed by atoms with E-state index < -0.39 is 0 Å². The summed E-state index contributed by atoms with van der Waals surface area (Å²) in [6, 6.07) is 17.1. The quantitative estimate of drug-likeness (QED) is 0.472. The topological polar surface area (TPSA) is 50.7 Å². The molecule has 0 saturated carbocycles. The number of fused-ring (bicyclic) bond motifs is 2. The minimum Gasteiger partial charge on any atom is -0.315 e. The molecule has 0 amide bonds. The molecule has 1 N–H and O–H groups in total. The predicted octanol–water partition coefficient (Wildman–Crippen LogP) is 5.94. The van der Waals surface area contributed by atoms with Gasteiger partial charge in [-0.25, -0.2) is 4.98 Å². The minimum absolute atomic E-state index is 0.719. The molecule has 4 aromatic rings. The Bertz CT molecular complexity index is 1130. The van der Waals surface area contributed by atoms with Crippen LogP contribution in [-0.4, -0.2) is 15.2 Å². The van der Waals surface area contributed by atoms with Gasteiger partial charge in [0.2, 0.25) is 0 Å². The third kappa shape index (κ3) is 3.38. The largest absolute Gasteiger partial charge is 0.315 e. The first-order valence-corrected chi connectivity index (χ1v) is 10.7. The second-order valence-corrected chi connectivity index (χ2v) is 8.32. The summed E-state index contributed by atoms with van der Waals surface area (Å²) in [4.78, 5) is 4.65. The normalized spacial score (nSPS) is 13.5. The van der Waals surface area contributed by atoms with Crippen molar-refractivity contribution in [2.45, 2.75) is 39.0 Å². The van der Waals surface area contributed by atoms with Gasteiger partial charge in [-0.3, -0.25) is 0 Å². The van der Waals surface area contributed by atoms with Gasteiger partial charge >= 0.3 is 0 Å². The van der Waals surface area contributed by atoms with E-state index in [9.17, 15) is 0 Å². The van der Waals surface area contributed by atoms with Crippen molar-refractivity contribution >= 4 is 32.5 Å². The Morgan fingerprint density at radius 1 is 0.929 bits per heavy atom. The molecule has 0 fully saturated rings. The molecule has 0 spiro atoms. The molecule has 0 unspecified atom stereocenters. The van der Waals surface area contributed by atoms with Gasteiger partial charge in [-0.1, -0.05) is 36.5 Å². The second kappa shape index (κ2) is 7.32. The van der Waals surface area contributed by atoms with E-state index in [-0.39, 0.29) is 0 Å². The summed E-state index contributed by atoms with van der Waals surface area (Å²) in [7, 11) is 0. The summed E-state index contributed by atoms with van der Waals surface area (Å²) >= 11 is 1.65. The molecule has 0 aliphatic heterocycles. The fourth-order valence-electron chi connectivity index (χ4n) is 3.80. The van der Waals surface area contributed by atoms with Gasteiger partial charge in [0.1, 0.15) is 0 Å². The van der Waals surface area contributed by atoms with Crippen molar-refractivity contribution in [2.24, 2.45) is 0 Å². The number of hydrogen-bond donors (Lipinski definition) is 1. The van der Waals surface area contributed by atoms with Gasteiger partial charge in [0.15, 0.2) is 10.9 Å². The van der Waals surface area contributed by atoms with Crippen LogP contribution in [0.2, 0.25) is 0 Å². The maximum atomic E-state index is 4.65. The first kappa shape index (κ1) is 17.3. The summed E-state index contributed by atoms with van der Waals surface area (Å²) < 4.78 is 1.19. The highest BCUT2D eigenvalue weighted by atomic mass is 32.1. The molecule has 5 rings (SSSR count). The lowest BCUT2D eigenvalue weighted by Gasteiger charge is -2.16. The lowest BCUT2D eigenvalue weighted by Crippen LogP contribution is -2.02. The average Bonchev–Trinajstić information content (AvgIpc) is 3.15. The van der Waals surface area contributed by atoms with Crippen LogP contribution >= 0.6 is 11.3 Å². The number of nitrogens with zero attached hydrogens (tertiary/aromatic N) is 3. The van der Waals surface area contributed by atoms with E-state index in [1.807, 2.05) is 12.1 Å². The van der Waals surface area contributed by atoms with Crippen LogP contribution in [-0.2, 0) is 19.3 Å². The summed E-state index contributed by atoms with van der Waals surface area (Å²) in [5, 5.41) is 13.0. The van der Waals surface area contributed by atoms with Crippen molar-refractivity contribution < 1.29 is 0 Å². The molecule has 140 valence electrons. The Kier molecular flexibility index (Phi) is 4.53. The number of benzene rings is 2. The number of rotatable bonds is 4. The van der Waals surface area contributed by atoms with Crippen LogP contribution in [0.4, 0.5) is 10.9 Å². The van der Waals surface area contributed by atoms with Gasteiger partial charge < -0.3 is 5.32 Å². The Hall–Kier alpha value is -2.79. The molecule has 5 heteroatoms. The first-order valence-electron chi connectivity index (χ1n) is 9.91. The van der Waals surface area contributed by atoms with Crippen molar-refractivity contribution in [3.05, 3.63) is 65.2 Å². The van der Waals surface area contributed by atoms with Gasteiger partial charge in [0.25, 0.3) is 0 Å². The average molecular weight is 387 g/mol. The zero-order chi connectivity index (χ0) is 18.9. The van der Waals surface area contributed by atoms with Gasteiger partial charge in [-0.2, -0.15) is 0 Å². The van der Waals surface area contributed by atoms with Crippen molar-refractivity contribution in [1.29, 1.82) is 0 Å². The van der Waals surface area contributed by atoms with Crippen LogP contribution in [0, 0.1) is 0 Å². The molecule has 1 aliphatic carbocycles. The van der Waals surface area contributed by atoms with E-state index in [4.69, 9.17) is 0 Å². The SMILES string of the molecule is CCc1ccc2nc(Nc3ccc(-c4ccc5c(c4)CCCC5)nn3)sc2c1. The minimum atomic E-state index is 0.719. The molecule has 2 heterocycles. The van der Waals surface area contributed by atoms with E-state index in [0.29, 0.717) is 0 Å². The molecule has 1 aliphatic rings. The summed E-state index contributed by atoms with van der Waals surface area (Å²) in [5.41, 5.74) is 7.36. The molecule has 28 heavy (non-hydrogen) atoms. The van der Waals surface area contributed by atoms with Crippen LogP contribution < -0.4 is 5.32 Å². The van der Waals surface area contributed by atoms with Crippen molar-refractivity contribution in [1.82, 2.24) is 15.2 Å². The number of aromatic nitrogens is 3. The van der Waals surface area contributed by atoms with E-state index in [0.717, 1.165) is 34.1 Å². The maximum absolute atomic E-state index is 4.65. The van der Waals surface area contributed by atoms with Crippen molar-refractivity contribution in [3.8, 4) is 11.3 Å². The number of aryl methyl sites for hydroxylation is 3. The van der Waals surface area contributed by atoms with E-state index in [1.165, 1.54) is 47.1 Å². The Labute approximate surface area is 168 Å². The standard InChI is InChI=1S/C23H22N4S/c1-2-15-7-10-20-21(13-15)28-23(24-20)25-22-12-11-19(26-27-22)18-9-8-16-5-3-4-6-17(16)14-18/h7-14H,2-6H2,1H3,(H,24,25,27). The molecule has 2 aromatic heterocycles. The highest BCUT2D eigenvalue weighted by Crippen LogP contribution is 2.30. The summed E-state index contributed by atoms with van der Waals surface area (Å²) in [6.07, 6.45) is 6.00. The number of anilines is 2. The lowest BCUT2D eigenvalue weighted by molar-refractivity contribution is 0.686. The zero-order valence-electron chi connectivity index (χ0n) is 15.9. The molecule has 0 atom stereocenters. The molecule has 0 radical (unpaired) electrons. The molecular formula is C23H22N4S. The maximum Gasteiger partial charge on any atom is 0.189 e. The van der Waals surface area contributed by atoms with Crippen LogP contribution in [0.15, 0.2) is 48.5 Å². The fraction of sp³-hybridized carbons (Fsp3) is 0.261. The van der Waals surface area contributed by atoms with Crippen LogP contribution in [0.1, 0.15) is 36.5 Å². The number of hydrogen-bond acceptors (Lipinski definition) is 5. The third-order valence-corrected chi connectivity index (χ3v) is 6.34. The number of thiazole rings is 1. The number of nitrogens with one attached hydrogen (secondary N) is 1. The molecule has 0 bridgehead atoms. The van der Waals surface area contributed by atoms with E-state index in [2.05, 4.69) is 63.8 Å². The summed E-state index contributed by atoms with van der Waals surface area (Å²) in [5.74, 6) is 0.719. The molecule has 0 saturated heterocycles. The van der Waals surface area contributed by atoms with E-state index in [1.54, 1.807) is 11.3 Å². The van der Waals surface area contributed by atoms with Gasteiger partial charge in [-0.15, -0.1) is 10.2 Å². The van der Waals surface area contributed by atoms with Crippen molar-refractivity contribution in [2.75, 3.05) is 5.32 Å². The smallest absolute Gasteiger partial charge is 0.189 e. The highest BCUT2D eigenvalue weighted by Gasteiger charge is 2.11. The molecular weight excluding hydrogens is 364 g/mol. The monoisotopic (exact) mass is 386 g/mol. The molecule has 2 aromatic carbocycles. The Morgan fingerprint density at radius 3 is 2.64 bits per heavy atom. The zero-order valence-corrected chi connectivity index (χ0v) is 16.7. The van der Waals surface area contributed by atoms with Gasteiger partial charge in [0, 0.05) is 5.56 Å². The lowest BCUT2D eigenvalue weighted by atomic mass is 9.90. The van der Waals surface area contributed by atoms with E-state index >= 15 is 0 Å². The summed E-state index contributed by atoms with van der Waals surface area (Å²) in [6.45, 7) is 2.17. The Morgan fingerprint density at radius 2 is 1.82 bits per heavy atom. The second-order valence-electron chi connectivity index (χ2n) is 7.29. The van der Waals surface area contributed by atoms with Crippen LogP contribution in [0.5, 0.6) is 0 Å². The highest BCUT2D eigenvalue weighted by molar-refractivity contribution is 7.22.